The first-order valence-corrected chi connectivity index (χ1v) is 6.33. The molecule has 1 saturated heterocycles. The van der Waals surface area contributed by atoms with Gasteiger partial charge >= 0.3 is 0 Å². The first-order valence-electron chi connectivity index (χ1n) is 6.33. The van der Waals surface area contributed by atoms with Crippen molar-refractivity contribution >= 4 is 0 Å². The lowest BCUT2D eigenvalue weighted by molar-refractivity contribution is -0.0301. The Balaban J connectivity index is 1.80. The number of epoxide rings is 1. The molecule has 3 unspecified atom stereocenters. The molecule has 0 spiro atoms. The summed E-state index contributed by atoms with van der Waals surface area (Å²) in [4.78, 5) is 0. The van der Waals surface area contributed by atoms with E-state index in [1.165, 1.54) is 25.7 Å². The summed E-state index contributed by atoms with van der Waals surface area (Å²) < 4.78 is 11.1. The molecule has 2 heteroatoms. The van der Waals surface area contributed by atoms with Crippen LogP contribution in [0.3, 0.4) is 0 Å². The maximum atomic E-state index is 5.93. The number of ether oxygens (including phenoxy) is 2. The lowest BCUT2D eigenvalue weighted by Crippen LogP contribution is -2.35. The van der Waals surface area contributed by atoms with Crippen LogP contribution in [0, 0.1) is 11.3 Å². The van der Waals surface area contributed by atoms with Crippen LogP contribution in [0.5, 0.6) is 0 Å². The van der Waals surface area contributed by atoms with Crippen molar-refractivity contribution in [3.05, 3.63) is 0 Å². The molecule has 0 aromatic rings. The Bertz CT molecular complexity index is 211. The second kappa shape index (κ2) is 4.42. The fourth-order valence-corrected chi connectivity index (χ4v) is 2.53. The van der Waals surface area contributed by atoms with Crippen LogP contribution < -0.4 is 0 Å². The minimum absolute atomic E-state index is 0.414. The van der Waals surface area contributed by atoms with E-state index >= 15 is 0 Å². The van der Waals surface area contributed by atoms with Gasteiger partial charge in [-0.1, -0.05) is 27.2 Å². The topological polar surface area (TPSA) is 21.8 Å². The van der Waals surface area contributed by atoms with Crippen molar-refractivity contribution in [1.82, 2.24) is 0 Å². The number of rotatable bonds is 4. The van der Waals surface area contributed by atoms with Crippen LogP contribution in [0.4, 0.5) is 0 Å². The van der Waals surface area contributed by atoms with E-state index in [0.717, 1.165) is 19.1 Å². The standard InChI is InChI=1S/C13H24O2/c1-10(2)13(3)6-4-5-11(7-13)14-8-12-9-15-12/h10-12H,4-9H2,1-3H3. The minimum atomic E-state index is 0.414. The predicted molar refractivity (Wildman–Crippen MR) is 60.9 cm³/mol. The van der Waals surface area contributed by atoms with Gasteiger partial charge in [0.05, 0.1) is 19.3 Å². The van der Waals surface area contributed by atoms with E-state index < -0.39 is 0 Å². The average molecular weight is 212 g/mol. The zero-order valence-corrected chi connectivity index (χ0v) is 10.3. The van der Waals surface area contributed by atoms with Gasteiger partial charge in [-0.25, -0.2) is 0 Å². The molecule has 0 N–H and O–H groups in total. The van der Waals surface area contributed by atoms with Crippen LogP contribution in [-0.2, 0) is 9.47 Å². The van der Waals surface area contributed by atoms with Crippen LogP contribution in [0.15, 0.2) is 0 Å². The summed E-state index contributed by atoms with van der Waals surface area (Å²) in [5.41, 5.74) is 0.493. The summed E-state index contributed by atoms with van der Waals surface area (Å²) in [6.07, 6.45) is 6.06. The van der Waals surface area contributed by atoms with Gasteiger partial charge in [-0.05, 0) is 30.6 Å². The third kappa shape index (κ3) is 2.94. The molecular formula is C13H24O2. The van der Waals surface area contributed by atoms with Crippen molar-refractivity contribution < 1.29 is 9.47 Å². The lowest BCUT2D eigenvalue weighted by atomic mass is 9.67. The molecule has 0 aromatic heterocycles. The molecule has 2 fully saturated rings. The number of hydrogen-bond acceptors (Lipinski definition) is 2. The molecule has 1 saturated carbocycles. The molecule has 2 aliphatic rings. The van der Waals surface area contributed by atoms with Crippen molar-refractivity contribution in [3.8, 4) is 0 Å². The quantitative estimate of drug-likeness (QED) is 0.668. The number of hydrogen-bond donors (Lipinski definition) is 0. The van der Waals surface area contributed by atoms with E-state index in [1.54, 1.807) is 0 Å². The van der Waals surface area contributed by atoms with Gasteiger partial charge < -0.3 is 9.47 Å². The van der Waals surface area contributed by atoms with Crippen molar-refractivity contribution in [2.45, 2.75) is 58.7 Å². The van der Waals surface area contributed by atoms with E-state index in [2.05, 4.69) is 20.8 Å². The highest BCUT2D eigenvalue weighted by Crippen LogP contribution is 2.42. The Labute approximate surface area is 93.3 Å². The van der Waals surface area contributed by atoms with E-state index in [4.69, 9.17) is 9.47 Å². The van der Waals surface area contributed by atoms with Gasteiger partial charge in [0.25, 0.3) is 0 Å². The Hall–Kier alpha value is -0.0800. The van der Waals surface area contributed by atoms with Crippen molar-refractivity contribution in [2.75, 3.05) is 13.2 Å². The van der Waals surface area contributed by atoms with Gasteiger partial charge in [-0.2, -0.15) is 0 Å². The summed E-state index contributed by atoms with van der Waals surface area (Å²) in [6.45, 7) is 8.83. The third-order valence-corrected chi connectivity index (χ3v) is 4.28. The van der Waals surface area contributed by atoms with E-state index in [1.807, 2.05) is 0 Å². The Morgan fingerprint density at radius 1 is 1.47 bits per heavy atom. The van der Waals surface area contributed by atoms with Crippen LogP contribution in [0.25, 0.3) is 0 Å². The first kappa shape index (κ1) is 11.4. The van der Waals surface area contributed by atoms with Crippen molar-refractivity contribution in [2.24, 2.45) is 11.3 Å². The normalized spacial score (nSPS) is 40.8. The first-order chi connectivity index (χ1) is 7.10. The molecule has 0 aromatic carbocycles. The van der Waals surface area contributed by atoms with Gasteiger partial charge in [0.2, 0.25) is 0 Å². The molecule has 1 aliphatic heterocycles. The smallest absolute Gasteiger partial charge is 0.104 e. The summed E-state index contributed by atoms with van der Waals surface area (Å²) in [6, 6.07) is 0. The van der Waals surface area contributed by atoms with E-state index in [0.29, 0.717) is 17.6 Å². The average Bonchev–Trinajstić information content (AvgIpc) is 2.98. The largest absolute Gasteiger partial charge is 0.375 e. The molecule has 15 heavy (non-hydrogen) atoms. The zero-order chi connectivity index (χ0) is 10.9. The molecule has 1 aliphatic carbocycles. The third-order valence-electron chi connectivity index (χ3n) is 4.28. The summed E-state index contributed by atoms with van der Waals surface area (Å²) >= 11 is 0. The highest BCUT2D eigenvalue weighted by molar-refractivity contribution is 4.86. The second-order valence-electron chi connectivity index (χ2n) is 5.82. The second-order valence-corrected chi connectivity index (χ2v) is 5.82. The van der Waals surface area contributed by atoms with Crippen LogP contribution in [-0.4, -0.2) is 25.4 Å². The molecule has 3 atom stereocenters. The maximum absolute atomic E-state index is 5.93. The van der Waals surface area contributed by atoms with Gasteiger partial charge in [-0.3, -0.25) is 0 Å². The molecule has 0 bridgehead atoms. The molecule has 2 rings (SSSR count). The van der Waals surface area contributed by atoms with Gasteiger partial charge in [0.15, 0.2) is 0 Å². The fourth-order valence-electron chi connectivity index (χ4n) is 2.53. The zero-order valence-electron chi connectivity index (χ0n) is 10.3. The SMILES string of the molecule is CC(C)C1(C)CCCC(OCC2CO2)C1. The monoisotopic (exact) mass is 212 g/mol. The summed E-state index contributed by atoms with van der Waals surface area (Å²) in [7, 11) is 0. The van der Waals surface area contributed by atoms with Gasteiger partial charge in [-0.15, -0.1) is 0 Å². The minimum Gasteiger partial charge on any atom is -0.375 e. The van der Waals surface area contributed by atoms with Crippen LogP contribution in [0.2, 0.25) is 0 Å². The Kier molecular flexibility index (Phi) is 3.36. The highest BCUT2D eigenvalue weighted by atomic mass is 16.6. The predicted octanol–water partition coefficient (Wildman–Crippen LogP) is 3.01. The van der Waals surface area contributed by atoms with E-state index in [9.17, 15) is 0 Å². The summed E-state index contributed by atoms with van der Waals surface area (Å²) in [5.74, 6) is 0.765. The summed E-state index contributed by atoms with van der Waals surface area (Å²) in [5, 5.41) is 0. The van der Waals surface area contributed by atoms with Gasteiger partial charge in [0.1, 0.15) is 6.10 Å². The lowest BCUT2D eigenvalue weighted by Gasteiger charge is -2.41. The molecule has 1 heterocycles. The molecule has 0 radical (unpaired) electrons. The molecule has 2 nitrogen and oxygen atoms in total. The van der Waals surface area contributed by atoms with E-state index in [-0.39, 0.29) is 0 Å². The van der Waals surface area contributed by atoms with Crippen molar-refractivity contribution in [1.29, 1.82) is 0 Å². The van der Waals surface area contributed by atoms with Crippen LogP contribution in [0.1, 0.15) is 46.5 Å². The van der Waals surface area contributed by atoms with Crippen molar-refractivity contribution in [3.63, 3.8) is 0 Å². The molecular weight excluding hydrogens is 188 g/mol. The fraction of sp³-hybridized carbons (Fsp3) is 1.00. The van der Waals surface area contributed by atoms with Crippen LogP contribution >= 0.6 is 0 Å². The Morgan fingerprint density at radius 3 is 2.80 bits per heavy atom. The van der Waals surface area contributed by atoms with Gasteiger partial charge in [0, 0.05) is 0 Å². The highest BCUT2D eigenvalue weighted by Gasteiger charge is 2.36. The maximum Gasteiger partial charge on any atom is 0.104 e. The molecule has 0 amide bonds. The Morgan fingerprint density at radius 2 is 2.20 bits per heavy atom. The molecule has 88 valence electrons.